The van der Waals surface area contributed by atoms with Crippen molar-refractivity contribution in [3.05, 3.63) is 22.8 Å². The van der Waals surface area contributed by atoms with Crippen molar-refractivity contribution in [2.75, 3.05) is 26.4 Å². The molecular weight excluding hydrogens is 444 g/mol. The molecule has 1 aliphatic heterocycles. The highest BCUT2D eigenvalue weighted by Gasteiger charge is 2.59. The lowest BCUT2D eigenvalue weighted by atomic mass is 9.48. The van der Waals surface area contributed by atoms with E-state index >= 15 is 0 Å². The van der Waals surface area contributed by atoms with Crippen LogP contribution in [0.3, 0.4) is 0 Å². The Morgan fingerprint density at radius 1 is 1.09 bits per heavy atom. The topological polar surface area (TPSA) is 160 Å². The molecule has 3 rings (SSSR count). The van der Waals surface area contributed by atoms with Crippen LogP contribution in [0.15, 0.2) is 22.8 Å². The van der Waals surface area contributed by atoms with Gasteiger partial charge in [0.25, 0.3) is 0 Å². The van der Waals surface area contributed by atoms with Gasteiger partial charge in [0, 0.05) is 12.5 Å². The molecule has 0 bridgehead atoms. The zero-order valence-corrected chi connectivity index (χ0v) is 20.4. The maximum absolute atomic E-state index is 10.8. The normalized spacial score (nSPS) is 43.7. The monoisotopic (exact) mass is 486 g/mol. The number of hydrogen-bond donors (Lipinski definition) is 7. The first-order chi connectivity index (χ1) is 16.0. The van der Waals surface area contributed by atoms with Crippen molar-refractivity contribution < 1.29 is 45.2 Å². The van der Waals surface area contributed by atoms with Crippen LogP contribution in [0, 0.1) is 16.7 Å². The molecule has 2 aliphatic carbocycles. The van der Waals surface area contributed by atoms with Crippen LogP contribution < -0.4 is 0 Å². The molecular formula is C25H42O9. The van der Waals surface area contributed by atoms with Crippen LogP contribution in [-0.2, 0) is 9.47 Å². The lowest BCUT2D eigenvalue weighted by Gasteiger charge is -2.60. The van der Waals surface area contributed by atoms with E-state index < -0.39 is 47.6 Å². The SMILES string of the molecule is CC(=CCO)CCC1=C(CO)C[C@H](O[C@@H]2OC[C@H](O)[C@H](O)[C@H]2O)C2[C@@](C)(CO)C[C@H](O)C[C@]12C. The number of aliphatic hydroxyl groups excluding tert-OH is 7. The zero-order chi connectivity index (χ0) is 25.3. The predicted molar refractivity (Wildman–Crippen MR) is 123 cm³/mol. The van der Waals surface area contributed by atoms with Gasteiger partial charge in [-0.25, -0.2) is 0 Å². The molecule has 9 nitrogen and oxygen atoms in total. The van der Waals surface area contributed by atoms with Gasteiger partial charge in [-0.2, -0.15) is 0 Å². The number of hydrogen-bond acceptors (Lipinski definition) is 9. The second-order valence-corrected chi connectivity index (χ2v) is 10.9. The van der Waals surface area contributed by atoms with Gasteiger partial charge < -0.3 is 45.2 Å². The van der Waals surface area contributed by atoms with E-state index in [2.05, 4.69) is 0 Å². The fraction of sp³-hybridized carbons (Fsp3) is 0.840. The second-order valence-electron chi connectivity index (χ2n) is 10.9. The molecule has 3 aliphatic rings. The summed E-state index contributed by atoms with van der Waals surface area (Å²) in [6.07, 6.45) is -2.19. The van der Waals surface area contributed by atoms with Crippen LogP contribution in [0.1, 0.15) is 52.9 Å². The summed E-state index contributed by atoms with van der Waals surface area (Å²) in [6.45, 7) is 5.31. The molecule has 196 valence electrons. The first-order valence-corrected chi connectivity index (χ1v) is 12.2. The zero-order valence-electron chi connectivity index (χ0n) is 20.4. The standard InChI is InChI=1S/C25H42O9/c1-14(6-7-26)4-5-17-15(11-27)8-19(34-23-21(32)20(31)18(30)12-33-23)22-24(2,13-28)9-16(29)10-25(17,22)3/h6,16,18-23,26-32H,4-5,7-13H2,1-3H3/t16-,18-,19-,20-,21+,22?,23-,24+,25+/m0/s1. The Labute approximate surface area is 201 Å². The summed E-state index contributed by atoms with van der Waals surface area (Å²) in [7, 11) is 0. The van der Waals surface area contributed by atoms with Crippen LogP contribution in [0.25, 0.3) is 0 Å². The van der Waals surface area contributed by atoms with E-state index in [1.807, 2.05) is 20.8 Å². The maximum Gasteiger partial charge on any atom is 0.186 e. The van der Waals surface area contributed by atoms with Crippen molar-refractivity contribution in [3.63, 3.8) is 0 Å². The number of rotatable bonds is 8. The highest BCUT2D eigenvalue weighted by Crippen LogP contribution is 2.61. The van der Waals surface area contributed by atoms with Gasteiger partial charge in [-0.15, -0.1) is 0 Å². The Morgan fingerprint density at radius 2 is 1.79 bits per heavy atom. The quantitative estimate of drug-likeness (QED) is 0.234. The van der Waals surface area contributed by atoms with Crippen LogP contribution in [-0.4, -0.2) is 99.0 Å². The van der Waals surface area contributed by atoms with E-state index in [1.165, 1.54) is 0 Å². The molecule has 34 heavy (non-hydrogen) atoms. The summed E-state index contributed by atoms with van der Waals surface area (Å²) < 4.78 is 11.8. The molecule has 0 aromatic heterocycles. The van der Waals surface area contributed by atoms with Gasteiger partial charge in [0.1, 0.15) is 18.3 Å². The van der Waals surface area contributed by atoms with Crippen molar-refractivity contribution in [2.24, 2.45) is 16.7 Å². The Bertz CT molecular complexity index is 767. The van der Waals surface area contributed by atoms with Gasteiger partial charge in [0.2, 0.25) is 0 Å². The third kappa shape index (κ3) is 5.28. The van der Waals surface area contributed by atoms with Crippen LogP contribution >= 0.6 is 0 Å². The molecule has 1 heterocycles. The van der Waals surface area contributed by atoms with Crippen molar-refractivity contribution >= 4 is 0 Å². The van der Waals surface area contributed by atoms with E-state index in [0.29, 0.717) is 32.1 Å². The highest BCUT2D eigenvalue weighted by atomic mass is 16.7. The number of fused-ring (bicyclic) bond motifs is 1. The van der Waals surface area contributed by atoms with Crippen LogP contribution in [0.2, 0.25) is 0 Å². The van der Waals surface area contributed by atoms with E-state index in [4.69, 9.17) is 9.47 Å². The molecule has 2 fully saturated rings. The van der Waals surface area contributed by atoms with E-state index in [1.54, 1.807) is 6.08 Å². The molecule has 1 saturated heterocycles. The summed E-state index contributed by atoms with van der Waals surface area (Å²) in [6, 6.07) is 0. The van der Waals surface area contributed by atoms with Gasteiger partial charge in [-0.3, -0.25) is 0 Å². The summed E-state index contributed by atoms with van der Waals surface area (Å²) in [5, 5.41) is 71.2. The van der Waals surface area contributed by atoms with E-state index in [0.717, 1.165) is 16.7 Å². The number of aliphatic hydroxyl groups is 7. The molecule has 9 heteroatoms. The lowest BCUT2D eigenvalue weighted by Crippen LogP contribution is -2.61. The fourth-order valence-corrected chi connectivity index (χ4v) is 6.74. The van der Waals surface area contributed by atoms with Crippen molar-refractivity contribution in [1.82, 2.24) is 0 Å². The molecule has 0 amide bonds. The van der Waals surface area contributed by atoms with Crippen LogP contribution in [0.4, 0.5) is 0 Å². The van der Waals surface area contributed by atoms with E-state index in [9.17, 15) is 35.7 Å². The first-order valence-electron chi connectivity index (χ1n) is 12.2. The molecule has 0 radical (unpaired) electrons. The average Bonchev–Trinajstić information content (AvgIpc) is 2.77. The molecule has 1 saturated carbocycles. The van der Waals surface area contributed by atoms with Gasteiger partial charge in [-0.05, 0) is 55.4 Å². The summed E-state index contributed by atoms with van der Waals surface area (Å²) >= 11 is 0. The molecule has 0 spiro atoms. The lowest BCUT2D eigenvalue weighted by molar-refractivity contribution is -0.299. The first kappa shape index (κ1) is 27.7. The largest absolute Gasteiger partial charge is 0.396 e. The number of ether oxygens (including phenoxy) is 2. The second kappa shape index (κ2) is 11.0. The Kier molecular flexibility index (Phi) is 8.98. The van der Waals surface area contributed by atoms with Crippen molar-refractivity contribution in [2.45, 2.75) is 89.7 Å². The molecule has 0 aromatic carbocycles. The Morgan fingerprint density at radius 3 is 2.41 bits per heavy atom. The summed E-state index contributed by atoms with van der Waals surface area (Å²) in [5.74, 6) is -0.263. The number of allylic oxidation sites excluding steroid dienone is 2. The van der Waals surface area contributed by atoms with Gasteiger partial charge in [0.15, 0.2) is 6.29 Å². The van der Waals surface area contributed by atoms with Crippen molar-refractivity contribution in [1.29, 1.82) is 0 Å². The minimum absolute atomic E-state index is 0.0426. The van der Waals surface area contributed by atoms with Gasteiger partial charge >= 0.3 is 0 Å². The minimum Gasteiger partial charge on any atom is -0.396 e. The fourth-order valence-electron chi connectivity index (χ4n) is 6.74. The van der Waals surface area contributed by atoms with E-state index in [-0.39, 0.29) is 32.3 Å². The maximum atomic E-state index is 10.8. The third-order valence-electron chi connectivity index (χ3n) is 8.26. The minimum atomic E-state index is -1.45. The van der Waals surface area contributed by atoms with Gasteiger partial charge in [0.05, 0.1) is 32.0 Å². The smallest absolute Gasteiger partial charge is 0.186 e. The predicted octanol–water partition coefficient (Wildman–Crippen LogP) is -0.00220. The third-order valence-corrected chi connectivity index (χ3v) is 8.26. The Balaban J connectivity index is 2.00. The van der Waals surface area contributed by atoms with Crippen LogP contribution in [0.5, 0.6) is 0 Å². The Hall–Kier alpha value is -0.880. The molecule has 9 atom stereocenters. The summed E-state index contributed by atoms with van der Waals surface area (Å²) in [4.78, 5) is 0. The molecule has 7 N–H and O–H groups in total. The molecule has 0 aromatic rings. The average molecular weight is 487 g/mol. The summed E-state index contributed by atoms with van der Waals surface area (Å²) in [5.41, 5.74) is 1.55. The van der Waals surface area contributed by atoms with Crippen molar-refractivity contribution in [3.8, 4) is 0 Å². The molecule has 1 unspecified atom stereocenters. The highest BCUT2D eigenvalue weighted by molar-refractivity contribution is 5.32. The van der Waals surface area contributed by atoms with Gasteiger partial charge in [-0.1, -0.05) is 31.1 Å².